The largest absolute Gasteiger partial charge is 0.444 e. The molecule has 2 amide bonds. The first kappa shape index (κ1) is 27.2. The number of amides is 2. The minimum Gasteiger partial charge on any atom is -0.444 e. The van der Waals surface area contributed by atoms with Crippen molar-refractivity contribution in [3.8, 4) is 0 Å². The molecule has 0 aliphatic rings. The van der Waals surface area contributed by atoms with Crippen molar-refractivity contribution < 1.29 is 24.2 Å². The lowest BCUT2D eigenvalue weighted by molar-refractivity contribution is 0.0290. The van der Waals surface area contributed by atoms with Gasteiger partial charge in [0.15, 0.2) is 0 Å². The van der Waals surface area contributed by atoms with Gasteiger partial charge < -0.3 is 25.2 Å². The monoisotopic (exact) mass is 470 g/mol. The van der Waals surface area contributed by atoms with Crippen molar-refractivity contribution in [1.29, 1.82) is 0 Å². The van der Waals surface area contributed by atoms with Crippen molar-refractivity contribution in [2.24, 2.45) is 0 Å². The number of ether oxygens (including phenoxy) is 2. The van der Waals surface area contributed by atoms with Gasteiger partial charge in [-0.05, 0) is 65.5 Å². The van der Waals surface area contributed by atoms with Crippen LogP contribution in [-0.2, 0) is 22.3 Å². The maximum absolute atomic E-state index is 12.6. The molecule has 2 aromatic carbocycles. The Morgan fingerprint density at radius 2 is 1.03 bits per heavy atom. The Hall–Kier alpha value is -3.06. The number of rotatable bonds is 8. The maximum atomic E-state index is 12.6. The van der Waals surface area contributed by atoms with Gasteiger partial charge in [-0.15, -0.1) is 0 Å². The number of hydrogen-bond acceptors (Lipinski definition) is 5. The molecule has 0 fully saturated rings. The molecule has 0 aliphatic heterocycles. The van der Waals surface area contributed by atoms with Crippen molar-refractivity contribution in [3.05, 3.63) is 71.8 Å². The van der Waals surface area contributed by atoms with E-state index in [9.17, 15) is 14.7 Å². The molecular weight excluding hydrogens is 432 g/mol. The summed E-state index contributed by atoms with van der Waals surface area (Å²) >= 11 is 0. The van der Waals surface area contributed by atoms with E-state index in [1.807, 2.05) is 60.7 Å². The van der Waals surface area contributed by atoms with Crippen LogP contribution < -0.4 is 10.6 Å². The normalized spacial score (nSPS) is 13.6. The van der Waals surface area contributed by atoms with E-state index in [0.717, 1.165) is 11.1 Å². The summed E-state index contributed by atoms with van der Waals surface area (Å²) < 4.78 is 10.9. The summed E-state index contributed by atoms with van der Waals surface area (Å²) in [6.45, 7) is 10.7. The number of benzene rings is 2. The van der Waals surface area contributed by atoms with Crippen molar-refractivity contribution in [1.82, 2.24) is 10.6 Å². The van der Waals surface area contributed by atoms with E-state index in [1.165, 1.54) is 0 Å². The molecule has 0 heterocycles. The Labute approximate surface area is 202 Å². The van der Waals surface area contributed by atoms with E-state index < -0.39 is 41.6 Å². The van der Waals surface area contributed by atoms with Crippen molar-refractivity contribution in [2.45, 2.75) is 83.8 Å². The fourth-order valence-electron chi connectivity index (χ4n) is 3.45. The average molecular weight is 471 g/mol. The highest BCUT2D eigenvalue weighted by Gasteiger charge is 2.33. The van der Waals surface area contributed by atoms with E-state index in [-0.39, 0.29) is 0 Å². The molecule has 0 radical (unpaired) electrons. The molecule has 0 unspecified atom stereocenters. The summed E-state index contributed by atoms with van der Waals surface area (Å²) in [6, 6.07) is 17.6. The molecule has 0 aromatic heterocycles. The smallest absolute Gasteiger partial charge is 0.407 e. The van der Waals surface area contributed by atoms with Gasteiger partial charge in [0.05, 0.1) is 18.2 Å². The second-order valence-corrected chi connectivity index (χ2v) is 10.4. The number of alkyl carbamates (subject to hydrolysis) is 2. The number of nitrogens with one attached hydrogen (secondary N) is 2. The lowest BCUT2D eigenvalue weighted by atomic mass is 9.92. The molecular formula is C27H38N2O5. The molecule has 0 bridgehead atoms. The number of carbonyl (C=O) groups excluding carboxylic acids is 2. The average Bonchev–Trinajstić information content (AvgIpc) is 2.71. The standard InChI is InChI=1S/C27H38N2O5/c1-26(2,3)33-24(31)28-21(17-19-13-9-7-10-14-19)23(30)22(18-20-15-11-8-12-16-20)29-25(32)34-27(4,5)6/h7-16,21-23,30H,17-18H2,1-6H3,(H,28,31)(H,29,32)/t21-,22-/m1/s1. The Morgan fingerprint density at radius 1 is 0.706 bits per heavy atom. The van der Waals surface area contributed by atoms with E-state index in [0.29, 0.717) is 12.8 Å². The lowest BCUT2D eigenvalue weighted by Gasteiger charge is -2.32. The van der Waals surface area contributed by atoms with Crippen LogP contribution in [0.1, 0.15) is 52.7 Å². The fraction of sp³-hybridized carbons (Fsp3) is 0.481. The quantitative estimate of drug-likeness (QED) is 0.523. The highest BCUT2D eigenvalue weighted by Crippen LogP contribution is 2.16. The van der Waals surface area contributed by atoms with Gasteiger partial charge in [-0.25, -0.2) is 9.59 Å². The summed E-state index contributed by atoms with van der Waals surface area (Å²) in [5.41, 5.74) is 0.478. The van der Waals surface area contributed by atoms with Crippen LogP contribution in [0.2, 0.25) is 0 Å². The summed E-state index contributed by atoms with van der Waals surface area (Å²) in [6.07, 6.45) is -1.70. The zero-order valence-corrected chi connectivity index (χ0v) is 21.0. The third-order valence-corrected chi connectivity index (χ3v) is 4.83. The van der Waals surface area contributed by atoms with Gasteiger partial charge in [0, 0.05) is 0 Å². The molecule has 2 atom stereocenters. The Morgan fingerprint density at radius 3 is 1.32 bits per heavy atom. The van der Waals surface area contributed by atoms with Crippen LogP contribution in [-0.4, -0.2) is 46.7 Å². The predicted octanol–water partition coefficient (Wildman–Crippen LogP) is 4.62. The minimum absolute atomic E-state index is 0.350. The third-order valence-electron chi connectivity index (χ3n) is 4.83. The van der Waals surface area contributed by atoms with E-state index in [1.54, 1.807) is 41.5 Å². The summed E-state index contributed by atoms with van der Waals surface area (Å²) in [5.74, 6) is 0. The zero-order chi connectivity index (χ0) is 25.4. The van der Waals surface area contributed by atoms with E-state index >= 15 is 0 Å². The first-order valence-electron chi connectivity index (χ1n) is 11.6. The zero-order valence-electron chi connectivity index (χ0n) is 21.0. The Bertz CT molecular complexity index is 829. The van der Waals surface area contributed by atoms with Gasteiger partial charge in [-0.1, -0.05) is 60.7 Å². The van der Waals surface area contributed by atoms with Crippen LogP contribution in [0, 0.1) is 0 Å². The topological polar surface area (TPSA) is 96.9 Å². The molecule has 2 aromatic rings. The van der Waals surface area contributed by atoms with Gasteiger partial charge in [0.25, 0.3) is 0 Å². The van der Waals surface area contributed by atoms with Gasteiger partial charge in [-0.2, -0.15) is 0 Å². The molecule has 2 rings (SSSR count). The number of hydrogen-bond donors (Lipinski definition) is 3. The molecule has 3 N–H and O–H groups in total. The maximum Gasteiger partial charge on any atom is 0.407 e. The molecule has 7 nitrogen and oxygen atoms in total. The van der Waals surface area contributed by atoms with Crippen LogP contribution >= 0.6 is 0 Å². The van der Waals surface area contributed by atoms with Crippen molar-refractivity contribution in [2.75, 3.05) is 0 Å². The molecule has 34 heavy (non-hydrogen) atoms. The Balaban J connectivity index is 2.30. The van der Waals surface area contributed by atoms with Crippen LogP contribution in [0.15, 0.2) is 60.7 Å². The highest BCUT2D eigenvalue weighted by molar-refractivity contribution is 5.69. The minimum atomic E-state index is -1.12. The number of aliphatic hydroxyl groups excluding tert-OH is 1. The molecule has 0 aliphatic carbocycles. The van der Waals surface area contributed by atoms with Gasteiger partial charge in [0.1, 0.15) is 11.2 Å². The summed E-state index contributed by atoms with van der Waals surface area (Å²) in [4.78, 5) is 25.2. The first-order valence-corrected chi connectivity index (χ1v) is 11.6. The highest BCUT2D eigenvalue weighted by atomic mass is 16.6. The van der Waals surface area contributed by atoms with Gasteiger partial charge >= 0.3 is 12.2 Å². The molecule has 0 saturated carbocycles. The number of carbonyl (C=O) groups is 2. The lowest BCUT2D eigenvalue weighted by Crippen LogP contribution is -2.56. The van der Waals surface area contributed by atoms with Crippen molar-refractivity contribution >= 4 is 12.2 Å². The molecule has 0 saturated heterocycles. The SMILES string of the molecule is CC(C)(C)OC(=O)N[C@H](Cc1ccccc1)C(O)[C@@H](Cc1ccccc1)NC(=O)OC(C)(C)C. The second-order valence-electron chi connectivity index (χ2n) is 10.4. The molecule has 7 heteroatoms. The van der Waals surface area contributed by atoms with Crippen LogP contribution in [0.4, 0.5) is 9.59 Å². The van der Waals surface area contributed by atoms with Crippen molar-refractivity contribution in [3.63, 3.8) is 0 Å². The predicted molar refractivity (Wildman–Crippen MR) is 133 cm³/mol. The summed E-state index contributed by atoms with van der Waals surface area (Å²) in [5, 5.41) is 17.1. The van der Waals surface area contributed by atoms with E-state index in [2.05, 4.69) is 10.6 Å². The van der Waals surface area contributed by atoms with Gasteiger partial charge in [0.2, 0.25) is 0 Å². The van der Waals surface area contributed by atoms with E-state index in [4.69, 9.17) is 9.47 Å². The first-order chi connectivity index (χ1) is 15.8. The Kier molecular flexibility index (Phi) is 9.50. The molecule has 186 valence electrons. The van der Waals surface area contributed by atoms with Gasteiger partial charge in [-0.3, -0.25) is 0 Å². The van der Waals surface area contributed by atoms with Crippen LogP contribution in [0.25, 0.3) is 0 Å². The fourth-order valence-corrected chi connectivity index (χ4v) is 3.45. The van der Waals surface area contributed by atoms with Crippen LogP contribution in [0.5, 0.6) is 0 Å². The second kappa shape index (κ2) is 11.9. The molecule has 0 spiro atoms. The summed E-state index contributed by atoms with van der Waals surface area (Å²) in [7, 11) is 0. The third kappa shape index (κ3) is 10.3. The number of aliphatic hydroxyl groups is 1. The van der Waals surface area contributed by atoms with Crippen LogP contribution in [0.3, 0.4) is 0 Å².